The molecular weight excluding hydrogens is 236 g/mol. The van der Waals surface area contributed by atoms with Crippen LogP contribution in [-0.4, -0.2) is 16.6 Å². The van der Waals surface area contributed by atoms with Crippen LogP contribution in [0.5, 0.6) is 5.75 Å². The van der Waals surface area contributed by atoms with Crippen molar-refractivity contribution in [2.45, 2.75) is 25.7 Å². The van der Waals surface area contributed by atoms with Crippen LogP contribution >= 0.6 is 0 Å². The van der Waals surface area contributed by atoms with Gasteiger partial charge in [0.15, 0.2) is 0 Å². The Morgan fingerprint density at radius 1 is 1.26 bits per heavy atom. The van der Waals surface area contributed by atoms with Crippen LogP contribution in [0.4, 0.5) is 5.82 Å². The second kappa shape index (κ2) is 3.86. The van der Waals surface area contributed by atoms with E-state index < -0.39 is 0 Å². The van der Waals surface area contributed by atoms with Crippen molar-refractivity contribution in [3.05, 3.63) is 30.5 Å². The standard InChI is InChI=1S/C16H18N2O/c19-13-4-1-11-5-8-17-15(14(11)9-13)18-10-16(6-7-16)12-2-3-12/h1,4-5,8-9,12,19H,2-3,6-7,10H2,(H,17,18). The lowest BCUT2D eigenvalue weighted by atomic mass is 10.0. The molecule has 2 aliphatic rings. The van der Waals surface area contributed by atoms with E-state index in [1.165, 1.54) is 25.7 Å². The average molecular weight is 254 g/mol. The maximum atomic E-state index is 9.64. The summed E-state index contributed by atoms with van der Waals surface area (Å²) in [5.74, 6) is 2.15. The Labute approximate surface area is 112 Å². The fourth-order valence-corrected chi connectivity index (χ4v) is 3.14. The number of anilines is 1. The van der Waals surface area contributed by atoms with Crippen LogP contribution in [0, 0.1) is 11.3 Å². The molecule has 1 heterocycles. The monoisotopic (exact) mass is 254 g/mol. The first-order valence-corrected chi connectivity index (χ1v) is 7.08. The van der Waals surface area contributed by atoms with Crippen molar-refractivity contribution in [2.75, 3.05) is 11.9 Å². The summed E-state index contributed by atoms with van der Waals surface area (Å²) in [5.41, 5.74) is 0.556. The van der Waals surface area contributed by atoms with E-state index in [1.54, 1.807) is 12.1 Å². The maximum absolute atomic E-state index is 9.64. The topological polar surface area (TPSA) is 45.2 Å². The molecule has 0 radical (unpaired) electrons. The zero-order chi connectivity index (χ0) is 12.9. The summed E-state index contributed by atoms with van der Waals surface area (Å²) in [6.07, 6.45) is 7.37. The van der Waals surface area contributed by atoms with E-state index in [-0.39, 0.29) is 0 Å². The molecule has 2 aliphatic carbocycles. The molecule has 0 aliphatic heterocycles. The summed E-state index contributed by atoms with van der Waals surface area (Å²) in [6, 6.07) is 7.43. The molecular formula is C16H18N2O. The fraction of sp³-hybridized carbons (Fsp3) is 0.438. The number of nitrogens with one attached hydrogen (secondary N) is 1. The van der Waals surface area contributed by atoms with Gasteiger partial charge in [-0.1, -0.05) is 6.07 Å². The number of fused-ring (bicyclic) bond motifs is 1. The van der Waals surface area contributed by atoms with Gasteiger partial charge in [0.25, 0.3) is 0 Å². The molecule has 3 heteroatoms. The summed E-state index contributed by atoms with van der Waals surface area (Å²) < 4.78 is 0. The van der Waals surface area contributed by atoms with Gasteiger partial charge in [0.2, 0.25) is 0 Å². The molecule has 2 saturated carbocycles. The number of hydrogen-bond donors (Lipinski definition) is 2. The lowest BCUT2D eigenvalue weighted by Gasteiger charge is -2.16. The van der Waals surface area contributed by atoms with Gasteiger partial charge in [-0.3, -0.25) is 0 Å². The maximum Gasteiger partial charge on any atom is 0.133 e. The van der Waals surface area contributed by atoms with Crippen molar-refractivity contribution in [3.63, 3.8) is 0 Å². The largest absolute Gasteiger partial charge is 0.508 e. The van der Waals surface area contributed by atoms with E-state index in [4.69, 9.17) is 0 Å². The molecule has 19 heavy (non-hydrogen) atoms. The van der Waals surface area contributed by atoms with Gasteiger partial charge in [-0.05, 0) is 60.6 Å². The number of pyridine rings is 1. The summed E-state index contributed by atoms with van der Waals surface area (Å²) in [6.45, 7) is 1.03. The minimum Gasteiger partial charge on any atom is -0.508 e. The molecule has 0 bridgehead atoms. The van der Waals surface area contributed by atoms with Crippen molar-refractivity contribution in [1.82, 2.24) is 4.98 Å². The zero-order valence-electron chi connectivity index (χ0n) is 10.9. The van der Waals surface area contributed by atoms with Gasteiger partial charge in [0, 0.05) is 18.1 Å². The number of aromatic hydroxyl groups is 1. The Morgan fingerprint density at radius 3 is 2.84 bits per heavy atom. The minimum atomic E-state index is 0.298. The van der Waals surface area contributed by atoms with Crippen molar-refractivity contribution in [3.8, 4) is 5.75 Å². The lowest BCUT2D eigenvalue weighted by Crippen LogP contribution is -2.18. The predicted octanol–water partition coefficient (Wildman–Crippen LogP) is 3.54. The van der Waals surface area contributed by atoms with Gasteiger partial charge in [0.1, 0.15) is 11.6 Å². The summed E-state index contributed by atoms with van der Waals surface area (Å²) >= 11 is 0. The van der Waals surface area contributed by atoms with Crippen LogP contribution in [0.15, 0.2) is 30.5 Å². The summed E-state index contributed by atoms with van der Waals surface area (Å²) in [7, 11) is 0. The third-order valence-corrected chi connectivity index (χ3v) is 4.69. The summed E-state index contributed by atoms with van der Waals surface area (Å²) in [5, 5.41) is 15.3. The highest BCUT2D eigenvalue weighted by atomic mass is 16.3. The van der Waals surface area contributed by atoms with Crippen molar-refractivity contribution in [1.29, 1.82) is 0 Å². The van der Waals surface area contributed by atoms with Crippen LogP contribution in [0.25, 0.3) is 10.8 Å². The van der Waals surface area contributed by atoms with Crippen LogP contribution in [-0.2, 0) is 0 Å². The van der Waals surface area contributed by atoms with Crippen LogP contribution in [0.3, 0.4) is 0 Å². The smallest absolute Gasteiger partial charge is 0.133 e. The molecule has 0 unspecified atom stereocenters. The minimum absolute atomic E-state index is 0.298. The van der Waals surface area contributed by atoms with Crippen molar-refractivity contribution in [2.24, 2.45) is 11.3 Å². The lowest BCUT2D eigenvalue weighted by molar-refractivity contribution is 0.466. The van der Waals surface area contributed by atoms with Gasteiger partial charge >= 0.3 is 0 Å². The Kier molecular flexibility index (Phi) is 2.25. The Hall–Kier alpha value is -1.77. The van der Waals surface area contributed by atoms with E-state index in [1.807, 2.05) is 18.3 Å². The highest BCUT2D eigenvalue weighted by molar-refractivity contribution is 5.92. The Bertz CT molecular complexity index is 630. The quantitative estimate of drug-likeness (QED) is 0.877. The second-order valence-electron chi connectivity index (χ2n) is 6.06. The Balaban J connectivity index is 1.61. The predicted molar refractivity (Wildman–Crippen MR) is 76.3 cm³/mol. The first-order valence-electron chi connectivity index (χ1n) is 7.08. The number of phenols is 1. The van der Waals surface area contributed by atoms with E-state index in [9.17, 15) is 5.11 Å². The SMILES string of the molecule is Oc1ccc2ccnc(NCC3(C4CC4)CC3)c2c1. The normalized spacial score (nSPS) is 20.4. The van der Waals surface area contributed by atoms with Crippen molar-refractivity contribution >= 4 is 16.6 Å². The summed E-state index contributed by atoms with van der Waals surface area (Å²) in [4.78, 5) is 4.44. The number of nitrogens with zero attached hydrogens (tertiary/aromatic N) is 1. The molecule has 0 saturated heterocycles. The molecule has 4 rings (SSSR count). The molecule has 2 N–H and O–H groups in total. The van der Waals surface area contributed by atoms with E-state index in [0.29, 0.717) is 11.2 Å². The second-order valence-corrected chi connectivity index (χ2v) is 6.06. The van der Waals surface area contributed by atoms with Gasteiger partial charge in [-0.25, -0.2) is 4.98 Å². The highest BCUT2D eigenvalue weighted by Crippen LogP contribution is 2.61. The van der Waals surface area contributed by atoms with Crippen LogP contribution < -0.4 is 5.32 Å². The third kappa shape index (κ3) is 1.93. The molecule has 1 aromatic heterocycles. The molecule has 2 fully saturated rings. The van der Waals surface area contributed by atoms with Gasteiger partial charge in [0.05, 0.1) is 0 Å². The molecule has 0 spiro atoms. The molecule has 0 atom stereocenters. The third-order valence-electron chi connectivity index (χ3n) is 4.69. The van der Waals surface area contributed by atoms with Gasteiger partial charge < -0.3 is 10.4 Å². The molecule has 1 aromatic carbocycles. The highest BCUT2D eigenvalue weighted by Gasteiger charge is 2.53. The fourth-order valence-electron chi connectivity index (χ4n) is 3.14. The van der Waals surface area contributed by atoms with Crippen LogP contribution in [0.2, 0.25) is 0 Å². The number of rotatable bonds is 4. The average Bonchev–Trinajstić information content (AvgIpc) is 3.27. The van der Waals surface area contributed by atoms with E-state index >= 15 is 0 Å². The molecule has 98 valence electrons. The molecule has 0 amide bonds. The number of aromatic nitrogens is 1. The number of phenolic OH excluding ortho intramolecular Hbond substituents is 1. The van der Waals surface area contributed by atoms with Gasteiger partial charge in [-0.2, -0.15) is 0 Å². The van der Waals surface area contributed by atoms with E-state index in [2.05, 4.69) is 10.3 Å². The van der Waals surface area contributed by atoms with Crippen LogP contribution in [0.1, 0.15) is 25.7 Å². The Morgan fingerprint density at radius 2 is 2.11 bits per heavy atom. The molecule has 3 nitrogen and oxygen atoms in total. The van der Waals surface area contributed by atoms with Crippen molar-refractivity contribution < 1.29 is 5.11 Å². The first-order chi connectivity index (χ1) is 9.27. The first kappa shape index (κ1) is 11.1. The number of benzene rings is 1. The molecule has 2 aromatic rings. The van der Waals surface area contributed by atoms with E-state index in [0.717, 1.165) is 29.1 Å². The van der Waals surface area contributed by atoms with Gasteiger partial charge in [-0.15, -0.1) is 0 Å². The number of hydrogen-bond acceptors (Lipinski definition) is 3. The zero-order valence-corrected chi connectivity index (χ0v) is 10.9.